The maximum absolute atomic E-state index is 12.3. The SMILES string of the molecule is COc1ccc(C(=O)Nc2ccc(-n3ccnc3)cc2)cc1[N+](=O)[O-]. The number of nitro groups is 1. The van der Waals surface area contributed by atoms with Crippen LogP contribution in [-0.2, 0) is 0 Å². The van der Waals surface area contributed by atoms with Crippen molar-refractivity contribution in [2.45, 2.75) is 0 Å². The molecule has 1 amide bonds. The maximum Gasteiger partial charge on any atom is 0.311 e. The molecule has 1 N–H and O–H groups in total. The highest BCUT2D eigenvalue weighted by Gasteiger charge is 2.18. The van der Waals surface area contributed by atoms with Crippen molar-refractivity contribution in [2.24, 2.45) is 0 Å². The first kappa shape index (κ1) is 16.2. The van der Waals surface area contributed by atoms with Crippen molar-refractivity contribution in [3.8, 4) is 11.4 Å². The Hall–Kier alpha value is -3.68. The summed E-state index contributed by atoms with van der Waals surface area (Å²) >= 11 is 0. The largest absolute Gasteiger partial charge is 0.490 e. The lowest BCUT2D eigenvalue weighted by Crippen LogP contribution is -2.12. The maximum atomic E-state index is 12.3. The highest BCUT2D eigenvalue weighted by Crippen LogP contribution is 2.27. The third-order valence-electron chi connectivity index (χ3n) is 3.57. The molecule has 8 nitrogen and oxygen atoms in total. The number of carbonyl (C=O) groups is 1. The number of nitrogens with one attached hydrogen (secondary N) is 1. The van der Waals surface area contributed by atoms with E-state index in [1.807, 2.05) is 22.9 Å². The minimum Gasteiger partial charge on any atom is -0.490 e. The fraction of sp³-hybridized carbons (Fsp3) is 0.0588. The lowest BCUT2D eigenvalue weighted by Gasteiger charge is -2.08. The number of benzene rings is 2. The Morgan fingerprint density at radius 3 is 2.60 bits per heavy atom. The van der Waals surface area contributed by atoms with E-state index in [1.165, 1.54) is 25.3 Å². The third kappa shape index (κ3) is 3.47. The van der Waals surface area contributed by atoms with Gasteiger partial charge in [0.15, 0.2) is 5.75 Å². The Morgan fingerprint density at radius 2 is 2.00 bits per heavy atom. The van der Waals surface area contributed by atoms with Gasteiger partial charge < -0.3 is 14.6 Å². The molecule has 3 aromatic rings. The van der Waals surface area contributed by atoms with Gasteiger partial charge >= 0.3 is 5.69 Å². The van der Waals surface area contributed by atoms with Gasteiger partial charge in [-0.1, -0.05) is 0 Å². The van der Waals surface area contributed by atoms with E-state index in [4.69, 9.17) is 4.74 Å². The second-order valence-corrected chi connectivity index (χ2v) is 5.11. The highest BCUT2D eigenvalue weighted by atomic mass is 16.6. The summed E-state index contributed by atoms with van der Waals surface area (Å²) in [5.74, 6) is -0.340. The van der Waals surface area contributed by atoms with Crippen LogP contribution in [0.3, 0.4) is 0 Å². The molecule has 8 heteroatoms. The van der Waals surface area contributed by atoms with E-state index in [9.17, 15) is 14.9 Å². The number of nitro benzene ring substituents is 1. The average Bonchev–Trinajstić information content (AvgIpc) is 3.16. The number of rotatable bonds is 5. The second-order valence-electron chi connectivity index (χ2n) is 5.11. The van der Waals surface area contributed by atoms with Crippen molar-refractivity contribution >= 4 is 17.3 Å². The summed E-state index contributed by atoms with van der Waals surface area (Å²) in [6.07, 6.45) is 5.15. The highest BCUT2D eigenvalue weighted by molar-refractivity contribution is 6.04. The standard InChI is InChI=1S/C17H14N4O4/c1-25-16-7-2-12(10-15(16)21(23)24)17(22)19-13-3-5-14(6-4-13)20-9-8-18-11-20/h2-11H,1H3,(H,19,22). The van der Waals surface area contributed by atoms with Crippen molar-refractivity contribution in [2.75, 3.05) is 12.4 Å². The molecule has 0 saturated heterocycles. The molecule has 0 spiro atoms. The number of imidazole rings is 1. The third-order valence-corrected chi connectivity index (χ3v) is 3.57. The van der Waals surface area contributed by atoms with Crippen LogP contribution in [-0.4, -0.2) is 27.5 Å². The quantitative estimate of drug-likeness (QED) is 0.569. The van der Waals surface area contributed by atoms with Crippen molar-refractivity contribution < 1.29 is 14.5 Å². The fourth-order valence-electron chi connectivity index (χ4n) is 2.31. The Bertz CT molecular complexity index is 905. The average molecular weight is 338 g/mol. The van der Waals surface area contributed by atoms with Gasteiger partial charge in [-0.25, -0.2) is 4.98 Å². The van der Waals surface area contributed by atoms with Gasteiger partial charge in [0.2, 0.25) is 0 Å². The number of ether oxygens (including phenoxy) is 1. The molecule has 0 atom stereocenters. The van der Waals surface area contributed by atoms with Crippen molar-refractivity contribution in [1.82, 2.24) is 9.55 Å². The Morgan fingerprint density at radius 1 is 1.24 bits per heavy atom. The van der Waals surface area contributed by atoms with Crippen LogP contribution in [0, 0.1) is 10.1 Å². The van der Waals surface area contributed by atoms with Crippen molar-refractivity contribution in [1.29, 1.82) is 0 Å². The van der Waals surface area contributed by atoms with Gasteiger partial charge in [0.05, 0.1) is 18.4 Å². The molecule has 3 rings (SSSR count). The first-order valence-electron chi connectivity index (χ1n) is 7.30. The molecule has 1 heterocycles. The van der Waals surface area contributed by atoms with E-state index in [2.05, 4.69) is 10.3 Å². The molecule has 25 heavy (non-hydrogen) atoms. The Labute approximate surface area is 142 Å². The molecule has 0 saturated carbocycles. The number of amides is 1. The van der Waals surface area contributed by atoms with Gasteiger partial charge in [-0.3, -0.25) is 14.9 Å². The predicted octanol–water partition coefficient (Wildman–Crippen LogP) is 3.04. The molecular weight excluding hydrogens is 324 g/mol. The first-order chi connectivity index (χ1) is 12.1. The molecule has 1 aromatic heterocycles. The van der Waals surface area contributed by atoms with E-state index < -0.39 is 10.8 Å². The van der Waals surface area contributed by atoms with Gasteiger partial charge in [0, 0.05) is 35.4 Å². The monoisotopic (exact) mass is 338 g/mol. The van der Waals surface area contributed by atoms with E-state index in [0.29, 0.717) is 5.69 Å². The minimum absolute atomic E-state index is 0.103. The Kier molecular flexibility index (Phi) is 4.42. The molecule has 0 aliphatic rings. The smallest absolute Gasteiger partial charge is 0.311 e. The van der Waals surface area contributed by atoms with Gasteiger partial charge in [0.25, 0.3) is 5.91 Å². The van der Waals surface area contributed by atoms with Crippen LogP contribution < -0.4 is 10.1 Å². The van der Waals surface area contributed by atoms with Crippen molar-refractivity contribution in [3.63, 3.8) is 0 Å². The number of nitrogens with zero attached hydrogens (tertiary/aromatic N) is 3. The Balaban J connectivity index is 1.78. The van der Waals surface area contributed by atoms with E-state index >= 15 is 0 Å². The van der Waals surface area contributed by atoms with Crippen LogP contribution >= 0.6 is 0 Å². The molecule has 0 bridgehead atoms. The summed E-state index contributed by atoms with van der Waals surface area (Å²) in [4.78, 5) is 26.7. The van der Waals surface area contributed by atoms with Gasteiger partial charge in [-0.15, -0.1) is 0 Å². The summed E-state index contributed by atoms with van der Waals surface area (Å²) in [6, 6.07) is 11.2. The molecule has 0 aliphatic heterocycles. The molecule has 126 valence electrons. The fourth-order valence-corrected chi connectivity index (χ4v) is 2.31. The topological polar surface area (TPSA) is 99.3 Å². The van der Waals surface area contributed by atoms with Crippen LogP contribution in [0.25, 0.3) is 5.69 Å². The minimum atomic E-state index is -0.588. The van der Waals surface area contributed by atoms with E-state index in [1.54, 1.807) is 24.7 Å². The summed E-state index contributed by atoms with van der Waals surface area (Å²) in [7, 11) is 1.34. The molecular formula is C17H14N4O4. The number of hydrogen-bond acceptors (Lipinski definition) is 5. The van der Waals surface area contributed by atoms with Gasteiger partial charge in [-0.05, 0) is 36.4 Å². The van der Waals surface area contributed by atoms with Crippen LogP contribution in [0.5, 0.6) is 5.75 Å². The number of methoxy groups -OCH3 is 1. The van der Waals surface area contributed by atoms with Gasteiger partial charge in [0.1, 0.15) is 0 Å². The van der Waals surface area contributed by atoms with Gasteiger partial charge in [-0.2, -0.15) is 0 Å². The van der Waals surface area contributed by atoms with E-state index in [-0.39, 0.29) is 17.0 Å². The number of hydrogen-bond donors (Lipinski definition) is 1. The first-order valence-corrected chi connectivity index (χ1v) is 7.30. The lowest BCUT2D eigenvalue weighted by atomic mass is 10.1. The second kappa shape index (κ2) is 6.83. The molecule has 0 unspecified atom stereocenters. The zero-order chi connectivity index (χ0) is 17.8. The normalized spacial score (nSPS) is 10.3. The predicted molar refractivity (Wildman–Crippen MR) is 91.2 cm³/mol. The molecule has 0 fully saturated rings. The number of aromatic nitrogens is 2. The zero-order valence-electron chi connectivity index (χ0n) is 13.2. The molecule has 2 aromatic carbocycles. The summed E-state index contributed by atoms with van der Waals surface area (Å²) in [6.45, 7) is 0. The lowest BCUT2D eigenvalue weighted by molar-refractivity contribution is -0.385. The summed E-state index contributed by atoms with van der Waals surface area (Å²) in [5.41, 5.74) is 1.39. The summed E-state index contributed by atoms with van der Waals surface area (Å²) < 4.78 is 6.76. The number of anilines is 1. The molecule has 0 aliphatic carbocycles. The van der Waals surface area contributed by atoms with E-state index in [0.717, 1.165) is 5.69 Å². The van der Waals surface area contributed by atoms with Crippen LogP contribution in [0.1, 0.15) is 10.4 Å². The van der Waals surface area contributed by atoms with Crippen LogP contribution in [0.2, 0.25) is 0 Å². The molecule has 0 radical (unpaired) electrons. The van der Waals surface area contributed by atoms with Crippen molar-refractivity contribution in [3.05, 3.63) is 76.9 Å². The zero-order valence-corrected chi connectivity index (χ0v) is 13.2. The van der Waals surface area contributed by atoms with Crippen LogP contribution in [0.15, 0.2) is 61.2 Å². The summed E-state index contributed by atoms with van der Waals surface area (Å²) in [5, 5.41) is 13.8. The number of carbonyl (C=O) groups excluding carboxylic acids is 1. The van der Waals surface area contributed by atoms with Crippen LogP contribution in [0.4, 0.5) is 11.4 Å².